The van der Waals surface area contributed by atoms with Crippen LogP contribution in [0, 0.1) is 5.92 Å². The van der Waals surface area contributed by atoms with Crippen LogP contribution in [0.15, 0.2) is 127 Å². The van der Waals surface area contributed by atoms with Crippen LogP contribution < -0.4 is 20.7 Å². The maximum atomic E-state index is 14.3. The van der Waals surface area contributed by atoms with Crippen LogP contribution in [0.1, 0.15) is 28.0 Å². The number of ether oxygens (including phenoxy) is 1. The molecule has 5 aromatic rings. The minimum absolute atomic E-state index is 0.0654. The van der Waals surface area contributed by atoms with Crippen LogP contribution in [-0.2, 0) is 49.7 Å². The van der Waals surface area contributed by atoms with Crippen molar-refractivity contribution in [3.8, 4) is 16.9 Å². The third kappa shape index (κ3) is 10.5. The molecule has 0 aliphatic carbocycles. The molecule has 3 heterocycles. The van der Waals surface area contributed by atoms with E-state index in [2.05, 4.69) is 16.0 Å². The van der Waals surface area contributed by atoms with Gasteiger partial charge in [0.2, 0.25) is 11.8 Å². The molecule has 0 fully saturated rings. The van der Waals surface area contributed by atoms with E-state index in [1.165, 1.54) is 11.3 Å². The van der Waals surface area contributed by atoms with Gasteiger partial charge in [0.05, 0.1) is 12.0 Å². The summed E-state index contributed by atoms with van der Waals surface area (Å²) in [5.74, 6) is -4.01. The van der Waals surface area contributed by atoms with Gasteiger partial charge in [0, 0.05) is 24.1 Å². The predicted octanol–water partition coefficient (Wildman–Crippen LogP) is 5.19. The zero-order valence-electron chi connectivity index (χ0n) is 29.5. The number of ketones is 1. The second kappa shape index (κ2) is 18.1. The first kappa shape index (κ1) is 37.7. The molecule has 0 radical (unpaired) electrons. The summed E-state index contributed by atoms with van der Waals surface area (Å²) in [6.45, 7) is -0.376. The highest BCUT2D eigenvalue weighted by Crippen LogP contribution is 2.22. The number of benzene rings is 4. The average molecular weight is 744 g/mol. The molecular weight excluding hydrogens is 703 g/mol. The molecule has 54 heavy (non-hydrogen) atoms. The highest BCUT2D eigenvalue weighted by Gasteiger charge is 2.32. The lowest BCUT2D eigenvalue weighted by atomic mass is 9.90. The molecule has 0 saturated carbocycles. The number of carboxylic acid groups (broad SMARTS) is 1. The maximum Gasteiger partial charge on any atom is 0.307 e. The molecule has 2 bridgehead atoms. The van der Waals surface area contributed by atoms with E-state index >= 15 is 0 Å². The fourth-order valence-electron chi connectivity index (χ4n) is 6.41. The van der Waals surface area contributed by atoms with E-state index in [1.54, 1.807) is 24.3 Å². The highest BCUT2D eigenvalue weighted by molar-refractivity contribution is 7.09. The smallest absolute Gasteiger partial charge is 0.307 e. The highest BCUT2D eigenvalue weighted by atomic mass is 32.1. The molecule has 4 aromatic carbocycles. The Morgan fingerprint density at radius 2 is 1.22 bits per heavy atom. The van der Waals surface area contributed by atoms with Crippen LogP contribution in [0.3, 0.4) is 0 Å². The molecule has 4 atom stereocenters. The van der Waals surface area contributed by atoms with Gasteiger partial charge in [-0.05, 0) is 64.2 Å². The number of thiophene rings is 1. The van der Waals surface area contributed by atoms with Crippen molar-refractivity contribution in [2.75, 3.05) is 6.61 Å². The van der Waals surface area contributed by atoms with Gasteiger partial charge in [-0.3, -0.25) is 24.0 Å². The average Bonchev–Trinajstić information content (AvgIpc) is 3.70. The quantitative estimate of drug-likeness (QED) is 0.160. The Labute approximate surface area is 317 Å². The van der Waals surface area contributed by atoms with Crippen molar-refractivity contribution in [1.29, 1.82) is 0 Å². The molecule has 10 nitrogen and oxygen atoms in total. The van der Waals surface area contributed by atoms with Crippen molar-refractivity contribution < 1.29 is 33.8 Å². The molecule has 4 N–H and O–H groups in total. The number of fused-ring (bicyclic) bond motifs is 16. The van der Waals surface area contributed by atoms with E-state index in [4.69, 9.17) is 4.74 Å². The largest absolute Gasteiger partial charge is 0.484 e. The number of carbonyl (C=O) groups is 5. The Hall–Kier alpha value is -6.07. The summed E-state index contributed by atoms with van der Waals surface area (Å²) in [6, 6.07) is 33.7. The minimum Gasteiger partial charge on any atom is -0.484 e. The van der Waals surface area contributed by atoms with Gasteiger partial charge < -0.3 is 25.8 Å². The van der Waals surface area contributed by atoms with Gasteiger partial charge in [0.15, 0.2) is 12.4 Å². The summed E-state index contributed by atoms with van der Waals surface area (Å²) in [6.07, 6.45) is 0.108. The topological polar surface area (TPSA) is 151 Å². The van der Waals surface area contributed by atoms with Crippen LogP contribution in [0.25, 0.3) is 11.1 Å². The van der Waals surface area contributed by atoms with Gasteiger partial charge >= 0.3 is 5.97 Å². The third-order valence-electron chi connectivity index (χ3n) is 9.33. The van der Waals surface area contributed by atoms with E-state index < -0.39 is 53.5 Å². The van der Waals surface area contributed by atoms with Crippen LogP contribution >= 0.6 is 11.3 Å². The number of nitrogens with one attached hydrogen (secondary N) is 3. The van der Waals surface area contributed by atoms with Crippen LogP contribution in [0.4, 0.5) is 0 Å². The number of hydrogen-bond donors (Lipinski definition) is 4. The standard InChI is InChI=1S/C43H41N3O7S/c47-39-25-33(43(51)52)22-29-15-19-34(20-16-29)53-27-40(48)44-38(26-35-12-7-21-54-35)42(50)46-37(41(49)45-36(39)23-28-8-3-1-4-9-28)24-30-13-17-32(18-14-30)31-10-5-2-6-11-31/h1-21,33,36-38H,22-27H2,(H,44,48)(H,45,49)(H,46,50)(H,51,52)/t33-,36-,37+,38+/m1/s1. The molecule has 2 aliphatic rings. The molecule has 1 aromatic heterocycles. The molecule has 0 saturated heterocycles. The lowest BCUT2D eigenvalue weighted by Gasteiger charge is -2.26. The number of hydrogen-bond acceptors (Lipinski definition) is 7. The summed E-state index contributed by atoms with van der Waals surface area (Å²) in [5, 5.41) is 20.6. The summed E-state index contributed by atoms with van der Waals surface area (Å²) in [5.41, 5.74) is 4.19. The predicted molar refractivity (Wildman–Crippen MR) is 206 cm³/mol. The Balaban J connectivity index is 1.34. The molecule has 0 spiro atoms. The molecule has 7 rings (SSSR count). The van der Waals surface area contributed by atoms with Gasteiger partial charge in [-0.1, -0.05) is 103 Å². The first-order valence-electron chi connectivity index (χ1n) is 17.8. The van der Waals surface area contributed by atoms with Gasteiger partial charge in [-0.25, -0.2) is 0 Å². The number of aliphatic carboxylic acids is 1. The van der Waals surface area contributed by atoms with Crippen molar-refractivity contribution in [3.63, 3.8) is 0 Å². The van der Waals surface area contributed by atoms with Crippen LogP contribution in [0.2, 0.25) is 0 Å². The van der Waals surface area contributed by atoms with Gasteiger partial charge in [-0.15, -0.1) is 11.3 Å². The number of carbonyl (C=O) groups excluding carboxylic acids is 4. The Morgan fingerprint density at radius 1 is 0.630 bits per heavy atom. The molecule has 276 valence electrons. The number of amides is 3. The first-order valence-corrected chi connectivity index (χ1v) is 18.7. The number of Topliss-reactive ketones (excluding diaryl/α,β-unsaturated/α-hetero) is 1. The summed E-state index contributed by atoms with van der Waals surface area (Å²) < 4.78 is 5.70. The molecule has 11 heteroatoms. The van der Waals surface area contributed by atoms with Crippen molar-refractivity contribution in [2.45, 2.75) is 50.2 Å². The van der Waals surface area contributed by atoms with Crippen molar-refractivity contribution in [1.82, 2.24) is 16.0 Å². The van der Waals surface area contributed by atoms with Crippen molar-refractivity contribution in [3.05, 3.63) is 148 Å². The monoisotopic (exact) mass is 743 g/mol. The first-order chi connectivity index (χ1) is 26.2. The minimum atomic E-state index is -1.15. The SMILES string of the molecule is O=C1COc2ccc(cc2)C[C@@H](C(=O)O)CC(=O)[C@@H](Cc2ccccc2)NC(=O)[C@H](Cc2ccc(-c3ccccc3)cc2)NC(=O)[C@H](Cc2cccs2)N1. The van der Waals surface area contributed by atoms with Gasteiger partial charge in [0.25, 0.3) is 5.91 Å². The van der Waals surface area contributed by atoms with E-state index in [0.29, 0.717) is 11.3 Å². The van der Waals surface area contributed by atoms with E-state index in [-0.39, 0.29) is 38.7 Å². The summed E-state index contributed by atoms with van der Waals surface area (Å²) in [7, 11) is 0. The normalized spacial score (nSPS) is 20.0. The lowest BCUT2D eigenvalue weighted by Crippen LogP contribution is -2.57. The van der Waals surface area contributed by atoms with E-state index in [0.717, 1.165) is 27.1 Å². The van der Waals surface area contributed by atoms with Crippen molar-refractivity contribution >= 4 is 40.8 Å². The van der Waals surface area contributed by atoms with E-state index in [9.17, 15) is 29.1 Å². The number of rotatable bonds is 8. The fourth-order valence-corrected chi connectivity index (χ4v) is 7.16. The van der Waals surface area contributed by atoms with Crippen molar-refractivity contribution in [2.24, 2.45) is 5.92 Å². The Kier molecular flexibility index (Phi) is 12.6. The van der Waals surface area contributed by atoms with Crippen LogP contribution in [-0.4, -0.2) is 59.3 Å². The fraction of sp³-hybridized carbons (Fsp3) is 0.233. The molecule has 2 aliphatic heterocycles. The van der Waals surface area contributed by atoms with Gasteiger partial charge in [-0.2, -0.15) is 0 Å². The maximum absolute atomic E-state index is 14.3. The summed E-state index contributed by atoms with van der Waals surface area (Å²) in [4.78, 5) is 68.9. The zero-order chi connectivity index (χ0) is 37.9. The Bertz CT molecular complexity index is 2040. The molecule has 3 amide bonds. The molecular formula is C43H41N3O7S. The van der Waals surface area contributed by atoms with Crippen LogP contribution in [0.5, 0.6) is 5.75 Å². The summed E-state index contributed by atoms with van der Waals surface area (Å²) >= 11 is 1.44. The molecule has 0 unspecified atom stereocenters. The number of carboxylic acids is 1. The second-order valence-corrected chi connectivity index (χ2v) is 14.4. The lowest BCUT2D eigenvalue weighted by molar-refractivity contribution is -0.144. The Morgan fingerprint density at radius 3 is 1.87 bits per heavy atom. The third-order valence-corrected chi connectivity index (χ3v) is 10.2. The second-order valence-electron chi connectivity index (χ2n) is 13.3. The van der Waals surface area contributed by atoms with E-state index in [1.807, 2.05) is 102 Å². The van der Waals surface area contributed by atoms with Gasteiger partial charge in [0.1, 0.15) is 17.8 Å². The zero-order valence-corrected chi connectivity index (χ0v) is 30.3.